The van der Waals surface area contributed by atoms with Crippen LogP contribution in [0, 0.1) is 5.41 Å². The quantitative estimate of drug-likeness (QED) is 0.766. The van der Waals surface area contributed by atoms with Crippen molar-refractivity contribution in [2.24, 2.45) is 5.41 Å². The van der Waals surface area contributed by atoms with Crippen molar-refractivity contribution in [1.29, 1.82) is 0 Å². The summed E-state index contributed by atoms with van der Waals surface area (Å²) in [6, 6.07) is 11.4. The number of carbonyl (C=O) groups is 1. The van der Waals surface area contributed by atoms with Crippen molar-refractivity contribution in [3.8, 4) is 0 Å². The van der Waals surface area contributed by atoms with Crippen LogP contribution in [-0.2, 0) is 11.2 Å². The van der Waals surface area contributed by atoms with E-state index < -0.39 is 0 Å². The molecule has 0 amide bonds. The molecule has 1 aliphatic heterocycles. The van der Waals surface area contributed by atoms with Crippen molar-refractivity contribution in [1.82, 2.24) is 9.80 Å². The van der Waals surface area contributed by atoms with Gasteiger partial charge in [0.15, 0.2) is 5.78 Å². The fourth-order valence-electron chi connectivity index (χ4n) is 5.16. The number of benzene rings is 1. The molecule has 0 spiro atoms. The number of allylic oxidation sites excluding steroid dienone is 1. The predicted octanol–water partition coefficient (Wildman–Crippen LogP) is 4.78. The number of hydrogen-bond acceptors (Lipinski definition) is 3. The van der Waals surface area contributed by atoms with E-state index in [2.05, 4.69) is 54.0 Å². The van der Waals surface area contributed by atoms with E-state index in [4.69, 9.17) is 0 Å². The van der Waals surface area contributed by atoms with Gasteiger partial charge in [-0.15, -0.1) is 0 Å². The molecule has 1 aromatic rings. The Morgan fingerprint density at radius 3 is 2.52 bits per heavy atom. The van der Waals surface area contributed by atoms with E-state index in [0.717, 1.165) is 38.2 Å². The van der Waals surface area contributed by atoms with Gasteiger partial charge in [0.2, 0.25) is 0 Å². The highest BCUT2D eigenvalue weighted by atomic mass is 16.1. The van der Waals surface area contributed by atoms with Crippen molar-refractivity contribution in [2.75, 3.05) is 19.8 Å². The second-order valence-electron chi connectivity index (χ2n) is 9.56. The number of Topliss-reactive ketones (excluding diaryl/α,β-unsaturated/α-hetero) is 1. The molecule has 0 radical (unpaired) electrons. The molecule has 1 fully saturated rings. The van der Waals surface area contributed by atoms with E-state index in [0.29, 0.717) is 18.2 Å². The first kappa shape index (κ1) is 18.7. The third-order valence-corrected chi connectivity index (χ3v) is 6.63. The average Bonchev–Trinajstić information content (AvgIpc) is 2.67. The largest absolute Gasteiger partial charge is 0.358 e. The van der Waals surface area contributed by atoms with Crippen LogP contribution in [0.25, 0.3) is 0 Å². The van der Waals surface area contributed by atoms with Crippen LogP contribution in [0.15, 0.2) is 41.6 Å². The number of ketones is 1. The highest BCUT2D eigenvalue weighted by Gasteiger charge is 2.40. The average molecular weight is 367 g/mol. The second kappa shape index (κ2) is 7.79. The minimum atomic E-state index is 0.106. The number of rotatable bonds is 4. The Kier molecular flexibility index (Phi) is 5.41. The fraction of sp³-hybridized carbons (Fsp3) is 0.625. The standard InChI is InChI=1S/C24H34N2O/c1-24(2)15-22-21(23(27)16-24)17-25(14-13-19-9-5-3-6-10-19)18-26(22)20-11-7-4-8-12-20/h3,5-6,9-10,20H,4,7-8,11-18H2,1-2H3. The fourth-order valence-corrected chi connectivity index (χ4v) is 5.16. The summed E-state index contributed by atoms with van der Waals surface area (Å²) in [4.78, 5) is 18.1. The van der Waals surface area contributed by atoms with Crippen LogP contribution in [-0.4, -0.2) is 41.4 Å². The summed E-state index contributed by atoms with van der Waals surface area (Å²) in [5.74, 6) is 0.395. The first-order valence-electron chi connectivity index (χ1n) is 10.8. The highest BCUT2D eigenvalue weighted by Crippen LogP contribution is 2.42. The lowest BCUT2D eigenvalue weighted by molar-refractivity contribution is -0.119. The van der Waals surface area contributed by atoms with Gasteiger partial charge in [-0.3, -0.25) is 9.69 Å². The van der Waals surface area contributed by atoms with Crippen LogP contribution in [0.5, 0.6) is 0 Å². The summed E-state index contributed by atoms with van der Waals surface area (Å²) < 4.78 is 0. The maximum absolute atomic E-state index is 13.0. The second-order valence-corrected chi connectivity index (χ2v) is 9.56. The van der Waals surface area contributed by atoms with Gasteiger partial charge < -0.3 is 4.90 Å². The minimum absolute atomic E-state index is 0.106. The lowest BCUT2D eigenvalue weighted by Crippen LogP contribution is -2.52. The lowest BCUT2D eigenvalue weighted by Gasteiger charge is -2.49. The Balaban J connectivity index is 1.55. The SMILES string of the molecule is CC1(C)CC(=O)C2=C(C1)N(C1CCCCC1)CN(CCc1ccccc1)C2. The zero-order valence-corrected chi connectivity index (χ0v) is 17.0. The van der Waals surface area contributed by atoms with Crippen LogP contribution < -0.4 is 0 Å². The molecule has 4 rings (SSSR count). The van der Waals surface area contributed by atoms with Crippen LogP contribution in [0.2, 0.25) is 0 Å². The third-order valence-electron chi connectivity index (χ3n) is 6.63. The van der Waals surface area contributed by atoms with Crippen molar-refractivity contribution < 1.29 is 4.79 Å². The van der Waals surface area contributed by atoms with Crippen LogP contribution in [0.4, 0.5) is 0 Å². The maximum atomic E-state index is 13.0. The molecule has 0 unspecified atom stereocenters. The van der Waals surface area contributed by atoms with Gasteiger partial charge in [-0.05, 0) is 36.7 Å². The molecule has 0 aromatic heterocycles. The first-order chi connectivity index (χ1) is 13.0. The maximum Gasteiger partial charge on any atom is 0.162 e. The van der Waals surface area contributed by atoms with Gasteiger partial charge in [-0.1, -0.05) is 63.4 Å². The van der Waals surface area contributed by atoms with Gasteiger partial charge in [0.25, 0.3) is 0 Å². The molecule has 3 aliphatic rings. The summed E-state index contributed by atoms with van der Waals surface area (Å²) in [6.45, 7) is 7.39. The summed E-state index contributed by atoms with van der Waals surface area (Å²) >= 11 is 0. The summed E-state index contributed by atoms with van der Waals surface area (Å²) in [5.41, 5.74) is 4.01. The Morgan fingerprint density at radius 1 is 1.04 bits per heavy atom. The van der Waals surface area contributed by atoms with Gasteiger partial charge in [0, 0.05) is 36.8 Å². The Bertz CT molecular complexity index is 700. The van der Waals surface area contributed by atoms with Crippen LogP contribution in [0.1, 0.15) is 64.4 Å². The Morgan fingerprint density at radius 2 is 1.78 bits per heavy atom. The van der Waals surface area contributed by atoms with Crippen LogP contribution >= 0.6 is 0 Å². The molecule has 1 heterocycles. The first-order valence-corrected chi connectivity index (χ1v) is 10.8. The smallest absolute Gasteiger partial charge is 0.162 e. The minimum Gasteiger partial charge on any atom is -0.358 e. The normalized spacial score (nSPS) is 24.2. The van der Waals surface area contributed by atoms with Crippen molar-refractivity contribution in [2.45, 2.75) is 71.3 Å². The van der Waals surface area contributed by atoms with E-state index in [1.165, 1.54) is 43.4 Å². The Hall–Kier alpha value is -1.61. The molecule has 1 saturated carbocycles. The predicted molar refractivity (Wildman–Crippen MR) is 110 cm³/mol. The number of carbonyl (C=O) groups excluding carboxylic acids is 1. The highest BCUT2D eigenvalue weighted by molar-refractivity contribution is 5.98. The summed E-state index contributed by atoms with van der Waals surface area (Å²) in [6.07, 6.45) is 9.46. The molecule has 0 atom stereocenters. The third kappa shape index (κ3) is 4.29. The summed E-state index contributed by atoms with van der Waals surface area (Å²) in [7, 11) is 0. The summed E-state index contributed by atoms with van der Waals surface area (Å²) in [5, 5.41) is 0. The molecule has 3 heteroatoms. The molecule has 0 bridgehead atoms. The van der Waals surface area contributed by atoms with E-state index >= 15 is 0 Å². The lowest BCUT2D eigenvalue weighted by atomic mass is 9.74. The van der Waals surface area contributed by atoms with Gasteiger partial charge in [0.1, 0.15) is 0 Å². The van der Waals surface area contributed by atoms with Gasteiger partial charge in [-0.25, -0.2) is 0 Å². The van der Waals surface area contributed by atoms with E-state index in [-0.39, 0.29) is 5.41 Å². The molecule has 2 aliphatic carbocycles. The van der Waals surface area contributed by atoms with Crippen molar-refractivity contribution in [3.63, 3.8) is 0 Å². The van der Waals surface area contributed by atoms with E-state index in [9.17, 15) is 4.79 Å². The van der Waals surface area contributed by atoms with Crippen LogP contribution in [0.3, 0.4) is 0 Å². The zero-order valence-electron chi connectivity index (χ0n) is 17.0. The van der Waals surface area contributed by atoms with Gasteiger partial charge >= 0.3 is 0 Å². The number of nitrogens with zero attached hydrogens (tertiary/aromatic N) is 2. The zero-order chi connectivity index (χ0) is 18.9. The molecule has 3 nitrogen and oxygen atoms in total. The van der Waals surface area contributed by atoms with E-state index in [1.807, 2.05) is 0 Å². The molecular weight excluding hydrogens is 332 g/mol. The van der Waals surface area contributed by atoms with E-state index in [1.54, 1.807) is 0 Å². The topological polar surface area (TPSA) is 23.6 Å². The van der Waals surface area contributed by atoms with Gasteiger partial charge in [0.05, 0.1) is 6.67 Å². The van der Waals surface area contributed by atoms with Gasteiger partial charge in [-0.2, -0.15) is 0 Å². The molecular formula is C24H34N2O. The van der Waals surface area contributed by atoms with Crippen molar-refractivity contribution in [3.05, 3.63) is 47.2 Å². The van der Waals surface area contributed by atoms with Crippen molar-refractivity contribution >= 4 is 5.78 Å². The molecule has 1 aromatic carbocycles. The number of hydrogen-bond donors (Lipinski definition) is 0. The molecule has 0 N–H and O–H groups in total. The monoisotopic (exact) mass is 366 g/mol. The Labute approximate surface area is 164 Å². The molecule has 146 valence electrons. The molecule has 0 saturated heterocycles. The molecule has 27 heavy (non-hydrogen) atoms.